The van der Waals surface area contributed by atoms with Gasteiger partial charge in [-0.3, -0.25) is 4.79 Å². The lowest BCUT2D eigenvalue weighted by Gasteiger charge is -2.21. The standard InChI is InChI=1S/C14H18F2N2O2/c15-9-6-8(7-10(16)13(9)17)14(20)18-11-4-2-1-3-5-12(11)19/h6-7,11-12,19H,1-5,17H2,(H,18,20). The number of carbonyl (C=O) groups excluding carboxylic acids is 1. The molecular weight excluding hydrogens is 266 g/mol. The Kier molecular flexibility index (Phi) is 4.54. The van der Waals surface area contributed by atoms with Crippen LogP contribution in [0.2, 0.25) is 0 Å². The minimum atomic E-state index is -0.962. The van der Waals surface area contributed by atoms with E-state index in [1.54, 1.807) is 0 Å². The normalized spacial score (nSPS) is 23.1. The molecule has 1 aliphatic rings. The Labute approximate surface area is 116 Å². The van der Waals surface area contributed by atoms with Crippen LogP contribution in [-0.2, 0) is 0 Å². The van der Waals surface area contributed by atoms with Gasteiger partial charge in [0.05, 0.1) is 12.1 Å². The molecule has 1 aromatic rings. The fraction of sp³-hybridized carbons (Fsp3) is 0.500. The van der Waals surface area contributed by atoms with Crippen molar-refractivity contribution in [2.45, 2.75) is 44.2 Å². The summed E-state index contributed by atoms with van der Waals surface area (Å²) < 4.78 is 26.7. The van der Waals surface area contributed by atoms with Crippen LogP contribution in [0.4, 0.5) is 14.5 Å². The van der Waals surface area contributed by atoms with Gasteiger partial charge >= 0.3 is 0 Å². The first kappa shape index (κ1) is 14.7. The number of nitrogens with one attached hydrogen (secondary N) is 1. The van der Waals surface area contributed by atoms with Crippen molar-refractivity contribution in [3.8, 4) is 0 Å². The van der Waals surface area contributed by atoms with E-state index in [1.165, 1.54) is 0 Å². The molecule has 4 N–H and O–H groups in total. The number of nitrogen functional groups attached to an aromatic ring is 1. The molecule has 4 nitrogen and oxygen atoms in total. The second-order valence-electron chi connectivity index (χ2n) is 5.14. The monoisotopic (exact) mass is 284 g/mol. The molecule has 1 fully saturated rings. The largest absolute Gasteiger partial charge is 0.394 e. The molecule has 1 aromatic carbocycles. The maximum atomic E-state index is 13.3. The molecule has 0 aromatic heterocycles. The smallest absolute Gasteiger partial charge is 0.251 e. The molecule has 0 aliphatic heterocycles. The number of amides is 1. The summed E-state index contributed by atoms with van der Waals surface area (Å²) in [4.78, 5) is 12.0. The Morgan fingerprint density at radius 3 is 2.45 bits per heavy atom. The van der Waals surface area contributed by atoms with Crippen molar-refractivity contribution in [3.05, 3.63) is 29.3 Å². The highest BCUT2D eigenvalue weighted by Crippen LogP contribution is 2.20. The zero-order valence-electron chi connectivity index (χ0n) is 11.0. The lowest BCUT2D eigenvalue weighted by Crippen LogP contribution is -2.42. The second-order valence-corrected chi connectivity index (χ2v) is 5.14. The van der Waals surface area contributed by atoms with Gasteiger partial charge in [0.15, 0.2) is 0 Å². The maximum Gasteiger partial charge on any atom is 0.251 e. The first-order chi connectivity index (χ1) is 9.49. The zero-order valence-corrected chi connectivity index (χ0v) is 11.0. The average molecular weight is 284 g/mol. The molecule has 2 atom stereocenters. The maximum absolute atomic E-state index is 13.3. The van der Waals surface area contributed by atoms with Gasteiger partial charge in [-0.25, -0.2) is 8.78 Å². The van der Waals surface area contributed by atoms with Gasteiger partial charge in [-0.1, -0.05) is 19.3 Å². The van der Waals surface area contributed by atoms with E-state index in [0.717, 1.165) is 31.4 Å². The number of aliphatic hydroxyl groups is 1. The quantitative estimate of drug-likeness (QED) is 0.574. The van der Waals surface area contributed by atoms with Gasteiger partial charge in [0.1, 0.15) is 17.3 Å². The summed E-state index contributed by atoms with van der Waals surface area (Å²) in [6.45, 7) is 0. The van der Waals surface area contributed by atoms with Crippen LogP contribution in [-0.4, -0.2) is 23.2 Å². The predicted molar refractivity (Wildman–Crippen MR) is 71.1 cm³/mol. The minimum Gasteiger partial charge on any atom is -0.394 e. The number of aliphatic hydroxyl groups excluding tert-OH is 1. The summed E-state index contributed by atoms with van der Waals surface area (Å²) >= 11 is 0. The molecule has 0 saturated heterocycles. The third-order valence-corrected chi connectivity index (χ3v) is 3.64. The van der Waals surface area contributed by atoms with Gasteiger partial charge in [-0.15, -0.1) is 0 Å². The fourth-order valence-electron chi connectivity index (χ4n) is 2.42. The van der Waals surface area contributed by atoms with Crippen molar-refractivity contribution in [3.63, 3.8) is 0 Å². The number of hydrogen-bond donors (Lipinski definition) is 3. The molecule has 1 saturated carbocycles. The first-order valence-electron chi connectivity index (χ1n) is 6.72. The number of carbonyl (C=O) groups is 1. The predicted octanol–water partition coefficient (Wildman–Crippen LogP) is 1.97. The molecule has 2 rings (SSSR count). The highest BCUT2D eigenvalue weighted by Gasteiger charge is 2.24. The summed E-state index contributed by atoms with van der Waals surface area (Å²) in [5.41, 5.74) is 4.42. The number of anilines is 1. The molecular formula is C14H18F2N2O2. The van der Waals surface area contributed by atoms with Crippen LogP contribution in [0.15, 0.2) is 12.1 Å². The Bertz CT molecular complexity index is 485. The van der Waals surface area contributed by atoms with Crippen molar-refractivity contribution in [1.29, 1.82) is 0 Å². The summed E-state index contributed by atoms with van der Waals surface area (Å²) in [7, 11) is 0. The van der Waals surface area contributed by atoms with Crippen LogP contribution in [0.5, 0.6) is 0 Å². The van der Waals surface area contributed by atoms with E-state index < -0.39 is 29.3 Å². The fourth-order valence-corrected chi connectivity index (χ4v) is 2.42. The van der Waals surface area contributed by atoms with Gasteiger partial charge in [0, 0.05) is 5.56 Å². The number of benzene rings is 1. The number of halogens is 2. The minimum absolute atomic E-state index is 0.134. The highest BCUT2D eigenvalue weighted by atomic mass is 19.1. The third kappa shape index (κ3) is 3.25. The Morgan fingerprint density at radius 1 is 1.20 bits per heavy atom. The topological polar surface area (TPSA) is 75.4 Å². The first-order valence-corrected chi connectivity index (χ1v) is 6.72. The molecule has 1 aliphatic carbocycles. The number of rotatable bonds is 2. The highest BCUT2D eigenvalue weighted by molar-refractivity contribution is 5.94. The van der Waals surface area contributed by atoms with Crippen molar-refractivity contribution in [2.24, 2.45) is 0 Å². The molecule has 110 valence electrons. The van der Waals surface area contributed by atoms with Crippen LogP contribution in [0.3, 0.4) is 0 Å². The van der Waals surface area contributed by atoms with E-state index in [4.69, 9.17) is 5.73 Å². The van der Waals surface area contributed by atoms with E-state index in [1.807, 2.05) is 0 Å². The molecule has 0 radical (unpaired) electrons. The van der Waals surface area contributed by atoms with Crippen LogP contribution in [0, 0.1) is 11.6 Å². The van der Waals surface area contributed by atoms with E-state index >= 15 is 0 Å². The molecule has 0 spiro atoms. The molecule has 0 heterocycles. The Morgan fingerprint density at radius 2 is 1.80 bits per heavy atom. The molecule has 2 unspecified atom stereocenters. The lowest BCUT2D eigenvalue weighted by atomic mass is 10.1. The van der Waals surface area contributed by atoms with Crippen LogP contribution < -0.4 is 11.1 Å². The Balaban J connectivity index is 2.11. The Hall–Kier alpha value is -1.69. The van der Waals surface area contributed by atoms with Crippen molar-refractivity contribution >= 4 is 11.6 Å². The van der Waals surface area contributed by atoms with E-state index in [2.05, 4.69) is 5.32 Å². The van der Waals surface area contributed by atoms with Crippen molar-refractivity contribution in [1.82, 2.24) is 5.32 Å². The SMILES string of the molecule is Nc1c(F)cc(C(=O)NC2CCCCCC2O)cc1F. The van der Waals surface area contributed by atoms with Crippen molar-refractivity contribution < 1.29 is 18.7 Å². The zero-order chi connectivity index (χ0) is 14.7. The van der Waals surface area contributed by atoms with Gasteiger partial charge in [-0.05, 0) is 25.0 Å². The molecule has 1 amide bonds. The van der Waals surface area contributed by atoms with Gasteiger partial charge < -0.3 is 16.2 Å². The van der Waals surface area contributed by atoms with E-state index in [-0.39, 0.29) is 11.6 Å². The molecule has 6 heteroatoms. The number of nitrogens with two attached hydrogens (primary N) is 1. The summed E-state index contributed by atoms with van der Waals surface area (Å²) in [6.07, 6.45) is 3.49. The molecule has 20 heavy (non-hydrogen) atoms. The summed E-state index contributed by atoms with van der Waals surface area (Å²) in [5, 5.41) is 12.6. The van der Waals surface area contributed by atoms with Crippen molar-refractivity contribution in [2.75, 3.05) is 5.73 Å². The van der Waals surface area contributed by atoms with Gasteiger partial charge in [0.25, 0.3) is 5.91 Å². The van der Waals surface area contributed by atoms with Gasteiger partial charge in [-0.2, -0.15) is 0 Å². The van der Waals surface area contributed by atoms with Crippen LogP contribution in [0.1, 0.15) is 42.5 Å². The molecule has 0 bridgehead atoms. The third-order valence-electron chi connectivity index (χ3n) is 3.64. The second kappa shape index (κ2) is 6.17. The van der Waals surface area contributed by atoms with E-state index in [0.29, 0.717) is 12.8 Å². The number of hydrogen-bond acceptors (Lipinski definition) is 3. The van der Waals surface area contributed by atoms with E-state index in [9.17, 15) is 18.7 Å². The summed E-state index contributed by atoms with van der Waals surface area (Å²) in [5.74, 6) is -2.53. The van der Waals surface area contributed by atoms with Crippen LogP contribution >= 0.6 is 0 Å². The summed E-state index contributed by atoms with van der Waals surface area (Å²) in [6, 6.07) is 1.42. The van der Waals surface area contributed by atoms with Gasteiger partial charge in [0.2, 0.25) is 0 Å². The lowest BCUT2D eigenvalue weighted by molar-refractivity contribution is 0.0818. The van der Waals surface area contributed by atoms with Crippen LogP contribution in [0.25, 0.3) is 0 Å². The average Bonchev–Trinajstić information content (AvgIpc) is 2.61.